The molecule has 4 rings (SSSR count). The molecule has 0 N–H and O–H groups in total. The standard InChI is InChI=1S/C25H25FN4O2/c1-18-27-22(19-5-3-2-4-6-19)17-24(28-18)29-13-15-30(16-14-29)25(32)12-11-23(31)20-7-9-21(26)10-8-20/h2-10,17H,11-16H2,1H3. The number of piperazine rings is 1. The lowest BCUT2D eigenvalue weighted by atomic mass is 10.1. The van der Waals surface area contributed by atoms with Crippen molar-refractivity contribution in [2.75, 3.05) is 31.1 Å². The normalized spacial score (nSPS) is 13.8. The molecule has 32 heavy (non-hydrogen) atoms. The van der Waals surface area contributed by atoms with Crippen molar-refractivity contribution >= 4 is 17.5 Å². The van der Waals surface area contributed by atoms with E-state index in [-0.39, 0.29) is 30.3 Å². The Bertz CT molecular complexity index is 1090. The van der Waals surface area contributed by atoms with Gasteiger partial charge in [-0.1, -0.05) is 30.3 Å². The van der Waals surface area contributed by atoms with Crippen LogP contribution in [0.15, 0.2) is 60.7 Å². The summed E-state index contributed by atoms with van der Waals surface area (Å²) in [5.41, 5.74) is 2.35. The number of carbonyl (C=O) groups is 2. The van der Waals surface area contributed by atoms with Gasteiger partial charge in [0.05, 0.1) is 5.69 Å². The Morgan fingerprint density at radius 1 is 0.906 bits per heavy atom. The largest absolute Gasteiger partial charge is 0.353 e. The molecule has 0 unspecified atom stereocenters. The van der Waals surface area contributed by atoms with Gasteiger partial charge >= 0.3 is 0 Å². The second-order valence-corrected chi connectivity index (χ2v) is 7.82. The highest BCUT2D eigenvalue weighted by atomic mass is 19.1. The number of aryl methyl sites for hydroxylation is 1. The molecule has 0 radical (unpaired) electrons. The number of hydrogen-bond acceptors (Lipinski definition) is 5. The van der Waals surface area contributed by atoms with Crippen molar-refractivity contribution < 1.29 is 14.0 Å². The van der Waals surface area contributed by atoms with Crippen LogP contribution in [0.5, 0.6) is 0 Å². The average Bonchev–Trinajstić information content (AvgIpc) is 2.83. The molecular formula is C25H25FN4O2. The van der Waals surface area contributed by atoms with Crippen LogP contribution < -0.4 is 4.90 Å². The van der Waals surface area contributed by atoms with E-state index < -0.39 is 0 Å². The van der Waals surface area contributed by atoms with E-state index >= 15 is 0 Å². The minimum absolute atomic E-state index is 0.0380. The lowest BCUT2D eigenvalue weighted by Gasteiger charge is -2.35. The molecule has 6 nitrogen and oxygen atoms in total. The molecule has 1 aliphatic heterocycles. The van der Waals surface area contributed by atoms with Crippen LogP contribution in [0.2, 0.25) is 0 Å². The fourth-order valence-electron chi connectivity index (χ4n) is 3.81. The summed E-state index contributed by atoms with van der Waals surface area (Å²) in [6.07, 6.45) is 0.275. The van der Waals surface area contributed by atoms with Crippen LogP contribution in [0.25, 0.3) is 11.3 Å². The van der Waals surface area contributed by atoms with Crippen LogP contribution in [0.4, 0.5) is 10.2 Å². The number of ketones is 1. The predicted molar refractivity (Wildman–Crippen MR) is 121 cm³/mol. The number of aromatic nitrogens is 2. The first-order valence-electron chi connectivity index (χ1n) is 10.7. The molecule has 1 aromatic heterocycles. The van der Waals surface area contributed by atoms with Gasteiger partial charge in [0.25, 0.3) is 0 Å². The number of rotatable bonds is 6. The third-order valence-electron chi connectivity index (χ3n) is 5.58. The van der Waals surface area contributed by atoms with Crippen molar-refractivity contribution in [2.45, 2.75) is 19.8 Å². The maximum absolute atomic E-state index is 13.0. The summed E-state index contributed by atoms with van der Waals surface area (Å²) >= 11 is 0. The van der Waals surface area contributed by atoms with Gasteiger partial charge in [-0.3, -0.25) is 9.59 Å². The first-order valence-corrected chi connectivity index (χ1v) is 10.7. The average molecular weight is 432 g/mol. The highest BCUT2D eigenvalue weighted by molar-refractivity contribution is 5.97. The maximum atomic E-state index is 13.0. The van der Waals surface area contributed by atoms with E-state index in [2.05, 4.69) is 14.9 Å². The number of anilines is 1. The van der Waals surface area contributed by atoms with Crippen LogP contribution in [0.1, 0.15) is 29.0 Å². The van der Waals surface area contributed by atoms with Gasteiger partial charge < -0.3 is 9.80 Å². The van der Waals surface area contributed by atoms with Crippen LogP contribution >= 0.6 is 0 Å². The maximum Gasteiger partial charge on any atom is 0.223 e. The van der Waals surface area contributed by atoms with Gasteiger partial charge in [-0.15, -0.1) is 0 Å². The second kappa shape index (κ2) is 9.68. The fraction of sp³-hybridized carbons (Fsp3) is 0.280. The molecule has 0 bridgehead atoms. The second-order valence-electron chi connectivity index (χ2n) is 7.82. The Balaban J connectivity index is 1.33. The summed E-state index contributed by atoms with van der Waals surface area (Å²) in [6.45, 7) is 4.37. The molecule has 0 spiro atoms. The molecule has 3 aromatic rings. The Labute approximate surface area is 186 Å². The van der Waals surface area contributed by atoms with E-state index in [1.807, 2.05) is 43.3 Å². The van der Waals surface area contributed by atoms with Crippen molar-refractivity contribution in [1.29, 1.82) is 0 Å². The highest BCUT2D eigenvalue weighted by Crippen LogP contribution is 2.23. The van der Waals surface area contributed by atoms with Gasteiger partial charge in [0.15, 0.2) is 5.78 Å². The Kier molecular flexibility index (Phi) is 6.54. The molecule has 0 atom stereocenters. The molecule has 1 aliphatic rings. The van der Waals surface area contributed by atoms with Gasteiger partial charge in [0.1, 0.15) is 17.5 Å². The van der Waals surface area contributed by atoms with Crippen molar-refractivity contribution in [3.63, 3.8) is 0 Å². The van der Waals surface area contributed by atoms with E-state index in [0.717, 1.165) is 17.1 Å². The lowest BCUT2D eigenvalue weighted by Crippen LogP contribution is -2.49. The molecule has 1 fully saturated rings. The number of hydrogen-bond donors (Lipinski definition) is 0. The zero-order valence-corrected chi connectivity index (χ0v) is 18.0. The monoisotopic (exact) mass is 432 g/mol. The Morgan fingerprint density at radius 2 is 1.59 bits per heavy atom. The first-order chi connectivity index (χ1) is 15.5. The quantitative estimate of drug-likeness (QED) is 0.553. The van der Waals surface area contributed by atoms with Crippen LogP contribution in [0.3, 0.4) is 0 Å². The summed E-state index contributed by atoms with van der Waals surface area (Å²) in [4.78, 5) is 37.9. The van der Waals surface area contributed by atoms with Gasteiger partial charge in [0, 0.05) is 56.2 Å². The van der Waals surface area contributed by atoms with E-state index in [4.69, 9.17) is 0 Å². The minimum atomic E-state index is -0.384. The minimum Gasteiger partial charge on any atom is -0.353 e. The van der Waals surface area contributed by atoms with Gasteiger partial charge in [0.2, 0.25) is 5.91 Å². The van der Waals surface area contributed by atoms with Crippen molar-refractivity contribution in [1.82, 2.24) is 14.9 Å². The van der Waals surface area contributed by atoms with E-state index in [1.165, 1.54) is 24.3 Å². The predicted octanol–water partition coefficient (Wildman–Crippen LogP) is 3.90. The van der Waals surface area contributed by atoms with Crippen LogP contribution in [-0.4, -0.2) is 52.7 Å². The summed E-state index contributed by atoms with van der Waals surface area (Å²) < 4.78 is 13.0. The summed E-state index contributed by atoms with van der Waals surface area (Å²) in [5, 5.41) is 0. The topological polar surface area (TPSA) is 66.4 Å². The zero-order valence-electron chi connectivity index (χ0n) is 18.0. The Hall–Kier alpha value is -3.61. The smallest absolute Gasteiger partial charge is 0.223 e. The molecule has 0 saturated carbocycles. The Morgan fingerprint density at radius 3 is 2.28 bits per heavy atom. The highest BCUT2D eigenvalue weighted by Gasteiger charge is 2.23. The molecule has 7 heteroatoms. The van der Waals surface area contributed by atoms with Gasteiger partial charge in [-0.25, -0.2) is 14.4 Å². The van der Waals surface area contributed by atoms with Crippen molar-refractivity contribution in [2.24, 2.45) is 0 Å². The third-order valence-corrected chi connectivity index (χ3v) is 5.58. The summed E-state index contributed by atoms with van der Waals surface area (Å²) in [6, 6.07) is 17.4. The van der Waals surface area contributed by atoms with Gasteiger partial charge in [-0.05, 0) is 31.2 Å². The molecular weight excluding hydrogens is 407 g/mol. The fourth-order valence-corrected chi connectivity index (χ4v) is 3.81. The van der Waals surface area contributed by atoms with Crippen LogP contribution in [0, 0.1) is 12.7 Å². The molecule has 2 aromatic carbocycles. The van der Waals surface area contributed by atoms with E-state index in [0.29, 0.717) is 37.6 Å². The number of halogens is 1. The SMILES string of the molecule is Cc1nc(-c2ccccc2)cc(N2CCN(C(=O)CCC(=O)c3ccc(F)cc3)CC2)n1. The van der Waals surface area contributed by atoms with E-state index in [1.54, 1.807) is 4.90 Å². The number of carbonyl (C=O) groups excluding carboxylic acids is 2. The number of benzene rings is 2. The molecule has 1 saturated heterocycles. The molecule has 2 heterocycles. The number of amides is 1. The summed E-state index contributed by atoms with van der Waals surface area (Å²) in [7, 11) is 0. The molecule has 164 valence electrons. The van der Waals surface area contributed by atoms with Crippen LogP contribution in [-0.2, 0) is 4.79 Å². The number of nitrogens with zero attached hydrogens (tertiary/aromatic N) is 4. The molecule has 0 aliphatic carbocycles. The van der Waals surface area contributed by atoms with Gasteiger partial charge in [-0.2, -0.15) is 0 Å². The van der Waals surface area contributed by atoms with Crippen molar-refractivity contribution in [3.05, 3.63) is 77.9 Å². The lowest BCUT2D eigenvalue weighted by molar-refractivity contribution is -0.131. The molecule has 1 amide bonds. The first kappa shape index (κ1) is 21.6. The third kappa shape index (κ3) is 5.17. The number of Topliss-reactive ketones (excluding diaryl/α,β-unsaturated/α-hetero) is 1. The summed E-state index contributed by atoms with van der Waals surface area (Å²) in [5.74, 6) is 0.991. The van der Waals surface area contributed by atoms with Crippen molar-refractivity contribution in [3.8, 4) is 11.3 Å². The zero-order chi connectivity index (χ0) is 22.5. The van der Waals surface area contributed by atoms with E-state index in [9.17, 15) is 14.0 Å².